The van der Waals surface area contributed by atoms with Gasteiger partial charge >= 0.3 is 5.97 Å². The molecule has 0 bridgehead atoms. The highest BCUT2D eigenvalue weighted by Gasteiger charge is 2.31. The number of esters is 1. The molecule has 0 saturated carbocycles. The summed E-state index contributed by atoms with van der Waals surface area (Å²) in [5, 5.41) is 0. The van der Waals surface area contributed by atoms with E-state index in [-0.39, 0.29) is 11.9 Å². The van der Waals surface area contributed by atoms with E-state index in [4.69, 9.17) is 4.74 Å². The van der Waals surface area contributed by atoms with Gasteiger partial charge in [0.1, 0.15) is 11.3 Å². The van der Waals surface area contributed by atoms with Crippen LogP contribution in [0.4, 0.5) is 0 Å². The minimum absolute atomic E-state index is 0.191. The van der Waals surface area contributed by atoms with E-state index in [0.29, 0.717) is 17.8 Å². The van der Waals surface area contributed by atoms with Crippen molar-refractivity contribution >= 4 is 17.6 Å². The molecule has 0 aliphatic carbocycles. The first-order chi connectivity index (χ1) is 12.8. The molecule has 1 aromatic carbocycles. The molecular formula is C22H24N2O3. The Labute approximate surface area is 159 Å². The summed E-state index contributed by atoms with van der Waals surface area (Å²) in [5.74, 6) is -1.02. The molecule has 1 unspecified atom stereocenters. The number of fused-ring (bicyclic) bond motifs is 1. The molecule has 140 valence electrons. The van der Waals surface area contributed by atoms with E-state index < -0.39 is 11.5 Å². The average Bonchev–Trinajstić information content (AvgIpc) is 2.62. The summed E-state index contributed by atoms with van der Waals surface area (Å²) in [6.45, 7) is 5.54. The number of hydrogen-bond acceptors (Lipinski definition) is 4. The second kappa shape index (κ2) is 7.35. The van der Waals surface area contributed by atoms with Gasteiger partial charge in [0.2, 0.25) is 0 Å². The van der Waals surface area contributed by atoms with Gasteiger partial charge in [-0.2, -0.15) is 0 Å². The Morgan fingerprint density at radius 1 is 1.15 bits per heavy atom. The third-order valence-corrected chi connectivity index (χ3v) is 4.34. The summed E-state index contributed by atoms with van der Waals surface area (Å²) in [7, 11) is 1.71. The van der Waals surface area contributed by atoms with Gasteiger partial charge in [-0.25, -0.2) is 0 Å². The summed E-state index contributed by atoms with van der Waals surface area (Å²) in [6, 6.07) is 13.2. The van der Waals surface area contributed by atoms with Crippen LogP contribution in [0.3, 0.4) is 0 Å². The molecule has 1 aromatic heterocycles. The van der Waals surface area contributed by atoms with Crippen LogP contribution in [0.15, 0.2) is 54.7 Å². The summed E-state index contributed by atoms with van der Waals surface area (Å²) >= 11 is 0. The molecule has 0 N–H and O–H groups in total. The maximum Gasteiger partial charge on any atom is 0.313 e. The molecular weight excluding hydrogens is 340 g/mol. The van der Waals surface area contributed by atoms with Gasteiger partial charge in [0.05, 0.1) is 5.92 Å². The number of pyridine rings is 1. The molecule has 2 heterocycles. The average molecular weight is 364 g/mol. The topological polar surface area (TPSA) is 59.5 Å². The van der Waals surface area contributed by atoms with Crippen LogP contribution in [-0.2, 0) is 16.0 Å². The first-order valence-corrected chi connectivity index (χ1v) is 8.98. The van der Waals surface area contributed by atoms with Crippen molar-refractivity contribution in [3.63, 3.8) is 0 Å². The first kappa shape index (κ1) is 18.8. The SMILES string of the molecule is CN1C(=O)c2ncccc2CC(C(=O)OC(C)(C)C)/C=C\1c1ccccc1. The van der Waals surface area contributed by atoms with Crippen LogP contribution in [0.2, 0.25) is 0 Å². The van der Waals surface area contributed by atoms with Gasteiger partial charge in [-0.05, 0) is 50.5 Å². The predicted octanol–water partition coefficient (Wildman–Crippen LogP) is 3.71. The second-order valence-electron chi connectivity index (χ2n) is 7.64. The predicted molar refractivity (Wildman–Crippen MR) is 104 cm³/mol. The normalized spacial score (nSPS) is 19.4. The molecule has 27 heavy (non-hydrogen) atoms. The van der Waals surface area contributed by atoms with Crippen molar-refractivity contribution in [2.24, 2.45) is 5.92 Å². The Kier molecular flexibility index (Phi) is 5.13. The minimum atomic E-state index is -0.584. The third kappa shape index (κ3) is 4.25. The van der Waals surface area contributed by atoms with E-state index in [1.807, 2.05) is 63.2 Å². The van der Waals surface area contributed by atoms with Gasteiger partial charge < -0.3 is 9.64 Å². The Hall–Kier alpha value is -2.95. The first-order valence-electron chi connectivity index (χ1n) is 8.98. The zero-order valence-electron chi connectivity index (χ0n) is 16.1. The Morgan fingerprint density at radius 3 is 2.52 bits per heavy atom. The largest absolute Gasteiger partial charge is 0.460 e. The fourth-order valence-corrected chi connectivity index (χ4v) is 3.09. The summed E-state index contributed by atoms with van der Waals surface area (Å²) in [4.78, 5) is 31.7. The van der Waals surface area contributed by atoms with Crippen molar-refractivity contribution in [3.05, 3.63) is 71.6 Å². The smallest absolute Gasteiger partial charge is 0.313 e. The zero-order valence-corrected chi connectivity index (χ0v) is 16.1. The molecule has 1 aliphatic rings. The van der Waals surface area contributed by atoms with Crippen LogP contribution >= 0.6 is 0 Å². The van der Waals surface area contributed by atoms with Crippen molar-refractivity contribution in [2.75, 3.05) is 7.05 Å². The lowest BCUT2D eigenvalue weighted by atomic mass is 9.93. The number of ether oxygens (including phenoxy) is 1. The van der Waals surface area contributed by atoms with Crippen molar-refractivity contribution < 1.29 is 14.3 Å². The highest BCUT2D eigenvalue weighted by atomic mass is 16.6. The highest BCUT2D eigenvalue weighted by molar-refractivity contribution is 6.00. The number of carbonyl (C=O) groups excluding carboxylic acids is 2. The molecule has 0 spiro atoms. The van der Waals surface area contributed by atoms with Crippen molar-refractivity contribution in [1.82, 2.24) is 9.88 Å². The Morgan fingerprint density at radius 2 is 1.85 bits per heavy atom. The maximum atomic E-state index is 13.0. The fraction of sp³-hybridized carbons (Fsp3) is 0.318. The van der Waals surface area contributed by atoms with Crippen LogP contribution in [0.5, 0.6) is 0 Å². The number of hydrogen-bond donors (Lipinski definition) is 0. The molecule has 1 atom stereocenters. The van der Waals surface area contributed by atoms with Gasteiger partial charge in [0.25, 0.3) is 5.91 Å². The summed E-state index contributed by atoms with van der Waals surface area (Å²) in [5.41, 5.74) is 2.07. The van der Waals surface area contributed by atoms with Crippen LogP contribution in [0.1, 0.15) is 42.4 Å². The molecule has 0 fully saturated rings. The van der Waals surface area contributed by atoms with Crippen molar-refractivity contribution in [3.8, 4) is 0 Å². The lowest BCUT2D eigenvalue weighted by Gasteiger charge is -2.28. The number of aromatic nitrogens is 1. The number of rotatable bonds is 2. The Bertz CT molecular complexity index is 882. The molecule has 0 radical (unpaired) electrons. The van der Waals surface area contributed by atoms with Gasteiger partial charge in [-0.3, -0.25) is 14.6 Å². The van der Waals surface area contributed by atoms with E-state index in [2.05, 4.69) is 4.98 Å². The fourth-order valence-electron chi connectivity index (χ4n) is 3.09. The summed E-state index contributed by atoms with van der Waals surface area (Å²) in [6.07, 6.45) is 3.80. The van der Waals surface area contributed by atoms with E-state index in [9.17, 15) is 9.59 Å². The summed E-state index contributed by atoms with van der Waals surface area (Å²) < 4.78 is 5.63. The van der Waals surface area contributed by atoms with E-state index >= 15 is 0 Å². The van der Waals surface area contributed by atoms with Gasteiger partial charge in [0, 0.05) is 18.9 Å². The van der Waals surface area contributed by atoms with Crippen molar-refractivity contribution in [1.29, 1.82) is 0 Å². The van der Waals surface area contributed by atoms with Gasteiger partial charge in [-0.15, -0.1) is 0 Å². The lowest BCUT2D eigenvalue weighted by Crippen LogP contribution is -2.34. The monoisotopic (exact) mass is 364 g/mol. The molecule has 2 aromatic rings. The lowest BCUT2D eigenvalue weighted by molar-refractivity contribution is -0.158. The highest BCUT2D eigenvalue weighted by Crippen LogP contribution is 2.28. The second-order valence-corrected chi connectivity index (χ2v) is 7.64. The quantitative estimate of drug-likeness (QED) is 0.762. The van der Waals surface area contributed by atoms with Crippen LogP contribution in [0.25, 0.3) is 5.70 Å². The standard InChI is InChI=1S/C22H24N2O3/c1-22(2,3)27-21(26)17-13-16-11-8-12-23-19(16)20(25)24(4)18(14-17)15-9-6-5-7-10-15/h5-12,14,17H,13H2,1-4H3/b18-14-. The molecule has 3 rings (SSSR count). The third-order valence-electron chi connectivity index (χ3n) is 4.34. The zero-order chi connectivity index (χ0) is 19.6. The van der Waals surface area contributed by atoms with E-state index in [0.717, 1.165) is 11.1 Å². The van der Waals surface area contributed by atoms with E-state index in [1.54, 1.807) is 24.2 Å². The van der Waals surface area contributed by atoms with Crippen LogP contribution < -0.4 is 0 Å². The molecule has 0 saturated heterocycles. The number of benzene rings is 1. The molecule has 1 aliphatic heterocycles. The number of carbonyl (C=O) groups is 2. The number of nitrogens with zero attached hydrogens (tertiary/aromatic N) is 2. The molecule has 5 nitrogen and oxygen atoms in total. The van der Waals surface area contributed by atoms with Gasteiger partial charge in [0.15, 0.2) is 0 Å². The van der Waals surface area contributed by atoms with Crippen molar-refractivity contribution in [2.45, 2.75) is 32.8 Å². The Balaban J connectivity index is 2.11. The molecule has 1 amide bonds. The molecule has 5 heteroatoms. The number of amides is 1. The van der Waals surface area contributed by atoms with Crippen LogP contribution in [-0.4, -0.2) is 34.4 Å². The maximum absolute atomic E-state index is 13.0. The van der Waals surface area contributed by atoms with Crippen LogP contribution in [0, 0.1) is 5.92 Å². The van der Waals surface area contributed by atoms with E-state index in [1.165, 1.54) is 0 Å². The minimum Gasteiger partial charge on any atom is -0.460 e. The van der Waals surface area contributed by atoms with Gasteiger partial charge in [-0.1, -0.05) is 36.4 Å².